The van der Waals surface area contributed by atoms with Crippen molar-refractivity contribution in [1.82, 2.24) is 0 Å². The Bertz CT molecular complexity index is 883. The fourth-order valence-electron chi connectivity index (χ4n) is 2.63. The molecule has 0 radical (unpaired) electrons. The van der Waals surface area contributed by atoms with Crippen molar-refractivity contribution in [2.45, 2.75) is 23.5 Å². The first-order chi connectivity index (χ1) is 11.9. The molecule has 0 N–H and O–H groups in total. The summed E-state index contributed by atoms with van der Waals surface area (Å²) in [6, 6.07) is 11.2. The second-order valence-corrected chi connectivity index (χ2v) is 7.25. The molecule has 0 bridgehead atoms. The molecule has 0 saturated carbocycles. The fraction of sp³-hybridized carbons (Fsp3) is 0.167. The van der Waals surface area contributed by atoms with Crippen LogP contribution in [0.3, 0.4) is 0 Å². The molecule has 0 aromatic heterocycles. The highest BCUT2D eigenvalue weighted by molar-refractivity contribution is 8.00. The first kappa shape index (κ1) is 17.5. The molecule has 1 heterocycles. The SMILES string of the molecule is Cc1cc(N2C(=O)C[C@@H](Sc3ccccc3C(=O)[O-])C2=O)ccc1Cl. The van der Waals surface area contributed by atoms with Gasteiger partial charge in [-0.2, -0.15) is 0 Å². The van der Waals surface area contributed by atoms with Gasteiger partial charge in [0.05, 0.1) is 16.9 Å². The van der Waals surface area contributed by atoms with Gasteiger partial charge in [0.2, 0.25) is 11.8 Å². The van der Waals surface area contributed by atoms with Gasteiger partial charge in [0.15, 0.2) is 0 Å². The quantitative estimate of drug-likeness (QED) is 0.768. The lowest BCUT2D eigenvalue weighted by Gasteiger charge is -2.16. The maximum atomic E-state index is 12.7. The third-order valence-electron chi connectivity index (χ3n) is 3.88. The number of halogens is 1. The second-order valence-electron chi connectivity index (χ2n) is 5.60. The van der Waals surface area contributed by atoms with E-state index >= 15 is 0 Å². The summed E-state index contributed by atoms with van der Waals surface area (Å²) in [4.78, 5) is 37.7. The van der Waals surface area contributed by atoms with Gasteiger partial charge in [0, 0.05) is 21.9 Å². The van der Waals surface area contributed by atoms with E-state index in [0.717, 1.165) is 22.2 Å². The molecule has 0 spiro atoms. The molecule has 0 unspecified atom stereocenters. The number of hydrogen-bond donors (Lipinski definition) is 0. The number of anilines is 1. The largest absolute Gasteiger partial charge is 0.545 e. The number of carboxylic acids is 1. The number of benzene rings is 2. The van der Waals surface area contributed by atoms with Crippen LogP contribution < -0.4 is 10.0 Å². The summed E-state index contributed by atoms with van der Waals surface area (Å²) in [7, 11) is 0. The number of carbonyl (C=O) groups excluding carboxylic acids is 3. The molecule has 128 valence electrons. The first-order valence-corrected chi connectivity index (χ1v) is 8.74. The summed E-state index contributed by atoms with van der Waals surface area (Å²) >= 11 is 7.05. The van der Waals surface area contributed by atoms with Gasteiger partial charge < -0.3 is 9.90 Å². The van der Waals surface area contributed by atoms with Crippen LogP contribution in [0.5, 0.6) is 0 Å². The number of carboxylic acid groups (broad SMARTS) is 1. The van der Waals surface area contributed by atoms with Crippen molar-refractivity contribution < 1.29 is 19.5 Å². The number of nitrogens with zero attached hydrogens (tertiary/aromatic N) is 1. The number of aryl methyl sites for hydroxylation is 1. The van der Waals surface area contributed by atoms with E-state index in [1.807, 2.05) is 0 Å². The lowest BCUT2D eigenvalue weighted by atomic mass is 10.2. The lowest BCUT2D eigenvalue weighted by Crippen LogP contribution is -2.31. The highest BCUT2D eigenvalue weighted by Gasteiger charge is 2.40. The van der Waals surface area contributed by atoms with Crippen molar-refractivity contribution in [2.24, 2.45) is 0 Å². The fourth-order valence-corrected chi connectivity index (χ4v) is 3.92. The van der Waals surface area contributed by atoms with Crippen LogP contribution in [0.1, 0.15) is 22.3 Å². The van der Waals surface area contributed by atoms with E-state index in [2.05, 4.69) is 0 Å². The molecule has 1 fully saturated rings. The zero-order chi connectivity index (χ0) is 18.1. The van der Waals surface area contributed by atoms with Crippen LogP contribution in [0.15, 0.2) is 47.4 Å². The third-order valence-corrected chi connectivity index (χ3v) is 5.57. The zero-order valence-electron chi connectivity index (χ0n) is 13.2. The minimum Gasteiger partial charge on any atom is -0.545 e. The molecule has 1 atom stereocenters. The van der Waals surface area contributed by atoms with Crippen LogP contribution in [0.2, 0.25) is 5.02 Å². The van der Waals surface area contributed by atoms with Crippen LogP contribution in [-0.2, 0) is 9.59 Å². The normalized spacial score (nSPS) is 17.2. The molecular formula is C18H13ClNO4S-. The van der Waals surface area contributed by atoms with Crippen molar-refractivity contribution in [1.29, 1.82) is 0 Å². The predicted molar refractivity (Wildman–Crippen MR) is 93.7 cm³/mol. The standard InChI is InChI=1S/C18H14ClNO4S/c1-10-8-11(6-7-13(10)19)20-16(21)9-15(17(20)22)25-14-5-3-2-4-12(14)18(23)24/h2-8,15H,9H2,1H3,(H,23,24)/p-1/t15-/m1/s1. The highest BCUT2D eigenvalue weighted by atomic mass is 35.5. The number of hydrogen-bond acceptors (Lipinski definition) is 5. The molecule has 25 heavy (non-hydrogen) atoms. The Kier molecular flexibility index (Phi) is 4.83. The molecule has 1 aliphatic rings. The highest BCUT2D eigenvalue weighted by Crippen LogP contribution is 2.36. The summed E-state index contributed by atoms with van der Waals surface area (Å²) in [6.45, 7) is 1.79. The van der Waals surface area contributed by atoms with Crippen molar-refractivity contribution >= 4 is 46.8 Å². The molecule has 7 heteroatoms. The monoisotopic (exact) mass is 374 g/mol. The number of aromatic carboxylic acids is 1. The number of rotatable bonds is 4. The molecule has 0 aliphatic carbocycles. The number of imide groups is 1. The average molecular weight is 375 g/mol. The van der Waals surface area contributed by atoms with Gasteiger partial charge in [-0.1, -0.05) is 29.8 Å². The van der Waals surface area contributed by atoms with Gasteiger partial charge in [-0.25, -0.2) is 4.90 Å². The molecule has 5 nitrogen and oxygen atoms in total. The summed E-state index contributed by atoms with van der Waals surface area (Å²) in [5, 5.41) is 11.1. The Hall–Kier alpha value is -2.31. The Balaban J connectivity index is 1.87. The molecular weight excluding hydrogens is 362 g/mol. The van der Waals surface area contributed by atoms with Gasteiger partial charge in [-0.05, 0) is 36.8 Å². The Labute approximate surface area is 153 Å². The van der Waals surface area contributed by atoms with Crippen molar-refractivity contribution in [3.05, 3.63) is 58.6 Å². The first-order valence-electron chi connectivity index (χ1n) is 7.48. The second kappa shape index (κ2) is 6.90. The molecule has 2 aromatic carbocycles. The van der Waals surface area contributed by atoms with E-state index in [9.17, 15) is 19.5 Å². The molecule has 1 aliphatic heterocycles. The van der Waals surface area contributed by atoms with E-state index in [-0.39, 0.29) is 23.8 Å². The van der Waals surface area contributed by atoms with Gasteiger partial charge in [0.1, 0.15) is 0 Å². The Morgan fingerprint density at radius 1 is 1.24 bits per heavy atom. The van der Waals surface area contributed by atoms with Crippen molar-refractivity contribution in [3.8, 4) is 0 Å². The van der Waals surface area contributed by atoms with Crippen LogP contribution in [0, 0.1) is 6.92 Å². The topological polar surface area (TPSA) is 77.5 Å². The van der Waals surface area contributed by atoms with E-state index in [0.29, 0.717) is 15.6 Å². The van der Waals surface area contributed by atoms with Gasteiger partial charge in [0.25, 0.3) is 0 Å². The summed E-state index contributed by atoms with van der Waals surface area (Å²) in [5.74, 6) is -2.01. The van der Waals surface area contributed by atoms with Crippen LogP contribution in [0.4, 0.5) is 5.69 Å². The van der Waals surface area contributed by atoms with Crippen molar-refractivity contribution in [3.63, 3.8) is 0 Å². The van der Waals surface area contributed by atoms with E-state index in [4.69, 9.17) is 11.6 Å². The van der Waals surface area contributed by atoms with E-state index in [1.165, 1.54) is 6.07 Å². The molecule has 1 saturated heterocycles. The van der Waals surface area contributed by atoms with Gasteiger partial charge in [-0.15, -0.1) is 11.8 Å². The minimum absolute atomic E-state index is 0.00650. The number of amides is 2. The molecule has 2 amide bonds. The summed E-state index contributed by atoms with van der Waals surface area (Å²) in [5.41, 5.74) is 1.24. The van der Waals surface area contributed by atoms with Gasteiger partial charge in [-0.3, -0.25) is 9.59 Å². The van der Waals surface area contributed by atoms with E-state index < -0.39 is 11.2 Å². The Morgan fingerprint density at radius 3 is 2.64 bits per heavy atom. The number of carbonyl (C=O) groups is 3. The maximum absolute atomic E-state index is 12.7. The molecule has 2 aromatic rings. The van der Waals surface area contributed by atoms with Gasteiger partial charge >= 0.3 is 0 Å². The summed E-state index contributed by atoms with van der Waals surface area (Å²) < 4.78 is 0. The smallest absolute Gasteiger partial charge is 0.247 e. The summed E-state index contributed by atoms with van der Waals surface area (Å²) in [6.07, 6.45) is 0.00650. The molecule has 3 rings (SSSR count). The van der Waals surface area contributed by atoms with Crippen molar-refractivity contribution in [2.75, 3.05) is 4.90 Å². The predicted octanol–water partition coefficient (Wildman–Crippen LogP) is 2.44. The van der Waals surface area contributed by atoms with Crippen LogP contribution in [-0.4, -0.2) is 23.0 Å². The van der Waals surface area contributed by atoms with E-state index in [1.54, 1.807) is 43.3 Å². The van der Waals surface area contributed by atoms with Crippen LogP contribution >= 0.6 is 23.4 Å². The lowest BCUT2D eigenvalue weighted by molar-refractivity contribution is -0.255. The minimum atomic E-state index is -1.31. The maximum Gasteiger partial charge on any atom is 0.247 e. The average Bonchev–Trinajstić information content (AvgIpc) is 2.84. The Morgan fingerprint density at radius 2 is 1.96 bits per heavy atom. The zero-order valence-corrected chi connectivity index (χ0v) is 14.8. The third kappa shape index (κ3) is 3.41. The number of thioether (sulfide) groups is 1. The van der Waals surface area contributed by atoms with Crippen LogP contribution in [0.25, 0.3) is 0 Å².